The Balaban J connectivity index is 1.94. The van der Waals surface area contributed by atoms with Gasteiger partial charge in [-0.2, -0.15) is 0 Å². The lowest BCUT2D eigenvalue weighted by Crippen LogP contribution is -2.13. The van der Waals surface area contributed by atoms with Gasteiger partial charge in [0.2, 0.25) is 0 Å². The molecule has 5 heteroatoms. The number of halogens is 2. The fourth-order valence-corrected chi connectivity index (χ4v) is 3.07. The third kappa shape index (κ3) is 2.65. The van der Waals surface area contributed by atoms with Crippen molar-refractivity contribution in [2.45, 2.75) is 44.6 Å². The lowest BCUT2D eigenvalue weighted by molar-refractivity contribution is 0.0398. The van der Waals surface area contributed by atoms with Crippen molar-refractivity contribution in [2.75, 3.05) is 6.61 Å². The molecule has 2 aliphatic carbocycles. The molecule has 0 aromatic carbocycles. The minimum atomic E-state index is 0.0435. The normalized spacial score (nSPS) is 21.1. The van der Waals surface area contributed by atoms with Gasteiger partial charge in [-0.15, -0.1) is 0 Å². The van der Waals surface area contributed by atoms with E-state index in [4.69, 9.17) is 21.3 Å². The van der Waals surface area contributed by atoms with Gasteiger partial charge in [0.05, 0.1) is 9.26 Å². The second kappa shape index (κ2) is 5.21. The number of nitrogens with zero attached hydrogens (tertiary/aromatic N) is 2. The number of ether oxygens (including phenoxy) is 1. The van der Waals surface area contributed by atoms with Crippen molar-refractivity contribution in [1.29, 1.82) is 0 Å². The van der Waals surface area contributed by atoms with Crippen LogP contribution in [-0.2, 0) is 4.74 Å². The van der Waals surface area contributed by atoms with Crippen LogP contribution in [0.25, 0.3) is 0 Å². The van der Waals surface area contributed by atoms with E-state index >= 15 is 0 Å². The maximum absolute atomic E-state index is 6.25. The van der Waals surface area contributed by atoms with Crippen LogP contribution in [-0.4, -0.2) is 16.6 Å². The van der Waals surface area contributed by atoms with Crippen molar-refractivity contribution in [1.82, 2.24) is 9.97 Å². The summed E-state index contributed by atoms with van der Waals surface area (Å²) >= 11 is 8.50. The first-order chi connectivity index (χ1) is 8.70. The predicted molar refractivity (Wildman–Crippen MR) is 78.8 cm³/mol. The monoisotopic (exact) mass is 378 g/mol. The van der Waals surface area contributed by atoms with Gasteiger partial charge in [0.25, 0.3) is 0 Å². The molecule has 1 aromatic heterocycles. The van der Waals surface area contributed by atoms with E-state index < -0.39 is 0 Å². The molecule has 3 nitrogen and oxygen atoms in total. The van der Waals surface area contributed by atoms with Crippen LogP contribution in [0.1, 0.15) is 56.1 Å². The molecule has 0 saturated heterocycles. The molecule has 98 valence electrons. The van der Waals surface area contributed by atoms with Crippen LogP contribution in [0.3, 0.4) is 0 Å². The molecule has 2 saturated carbocycles. The molecule has 18 heavy (non-hydrogen) atoms. The number of aromatic nitrogens is 2. The van der Waals surface area contributed by atoms with E-state index in [-0.39, 0.29) is 6.10 Å². The highest BCUT2D eigenvalue weighted by Gasteiger charge is 2.37. The number of rotatable bonds is 5. The Morgan fingerprint density at radius 2 is 2.06 bits per heavy atom. The average molecular weight is 379 g/mol. The smallest absolute Gasteiger partial charge is 0.159 e. The van der Waals surface area contributed by atoms with E-state index in [0.717, 1.165) is 15.1 Å². The largest absolute Gasteiger partial charge is 0.370 e. The quantitative estimate of drug-likeness (QED) is 0.571. The Morgan fingerprint density at radius 3 is 2.61 bits per heavy atom. The molecule has 2 fully saturated rings. The molecule has 3 rings (SSSR count). The van der Waals surface area contributed by atoms with Gasteiger partial charge in [0.1, 0.15) is 11.3 Å². The summed E-state index contributed by atoms with van der Waals surface area (Å²) in [5, 5.41) is 0.591. The molecular formula is C13H16ClIN2O. The first kappa shape index (κ1) is 13.1. The van der Waals surface area contributed by atoms with Crippen molar-refractivity contribution >= 4 is 34.2 Å². The summed E-state index contributed by atoms with van der Waals surface area (Å²) in [4.78, 5) is 9.19. The molecule has 2 aliphatic rings. The van der Waals surface area contributed by atoms with Gasteiger partial charge in [0.15, 0.2) is 5.82 Å². The Morgan fingerprint density at radius 1 is 1.33 bits per heavy atom. The molecule has 1 atom stereocenters. The van der Waals surface area contributed by atoms with E-state index in [1.165, 1.54) is 25.7 Å². The molecule has 0 spiro atoms. The van der Waals surface area contributed by atoms with Crippen LogP contribution < -0.4 is 0 Å². The van der Waals surface area contributed by atoms with Crippen molar-refractivity contribution < 1.29 is 4.74 Å². The highest BCUT2D eigenvalue weighted by Crippen LogP contribution is 2.45. The van der Waals surface area contributed by atoms with Gasteiger partial charge in [-0.25, -0.2) is 9.97 Å². The highest BCUT2D eigenvalue weighted by atomic mass is 127. The summed E-state index contributed by atoms with van der Waals surface area (Å²) < 4.78 is 6.84. The third-order valence-corrected chi connectivity index (χ3v) is 5.12. The fourth-order valence-electron chi connectivity index (χ4n) is 2.21. The predicted octanol–water partition coefficient (Wildman–Crippen LogP) is 4.10. The summed E-state index contributed by atoms with van der Waals surface area (Å²) in [6.07, 6.45) is 4.94. The van der Waals surface area contributed by atoms with Crippen LogP contribution in [0.2, 0.25) is 5.15 Å². The third-order valence-electron chi connectivity index (χ3n) is 3.47. The number of hydrogen-bond acceptors (Lipinski definition) is 3. The minimum Gasteiger partial charge on any atom is -0.370 e. The zero-order valence-electron chi connectivity index (χ0n) is 10.3. The maximum atomic E-state index is 6.25. The van der Waals surface area contributed by atoms with Crippen molar-refractivity contribution in [3.63, 3.8) is 0 Å². The van der Waals surface area contributed by atoms with Gasteiger partial charge >= 0.3 is 0 Å². The minimum absolute atomic E-state index is 0.0435. The molecule has 0 bridgehead atoms. The Hall–Kier alpha value is 0.0600. The first-order valence-corrected chi connectivity index (χ1v) is 8.00. The van der Waals surface area contributed by atoms with Gasteiger partial charge in [-0.05, 0) is 61.1 Å². The molecule has 1 unspecified atom stereocenters. The second-order valence-electron chi connectivity index (χ2n) is 5.06. The van der Waals surface area contributed by atoms with E-state index in [2.05, 4.69) is 27.6 Å². The van der Waals surface area contributed by atoms with Crippen LogP contribution in [0.5, 0.6) is 0 Å². The van der Waals surface area contributed by atoms with Crippen molar-refractivity contribution in [3.8, 4) is 0 Å². The van der Waals surface area contributed by atoms with Crippen molar-refractivity contribution in [2.24, 2.45) is 5.92 Å². The maximum Gasteiger partial charge on any atom is 0.159 e. The molecule has 0 radical (unpaired) electrons. The topological polar surface area (TPSA) is 35.0 Å². The summed E-state index contributed by atoms with van der Waals surface area (Å²) in [5.74, 6) is 1.98. The van der Waals surface area contributed by atoms with Gasteiger partial charge in [0, 0.05) is 12.5 Å². The van der Waals surface area contributed by atoms with E-state index in [1.54, 1.807) is 0 Å². The van der Waals surface area contributed by atoms with Crippen molar-refractivity contribution in [3.05, 3.63) is 20.2 Å². The second-order valence-corrected chi connectivity index (χ2v) is 6.50. The molecule has 0 aliphatic heterocycles. The SMILES string of the molecule is CCOC(c1nc(Cl)c(I)c(C2CC2)n1)C1CC1. The number of hydrogen-bond donors (Lipinski definition) is 0. The lowest BCUT2D eigenvalue weighted by Gasteiger charge is -2.16. The molecule has 1 aromatic rings. The Labute approximate surface area is 126 Å². The van der Waals surface area contributed by atoms with Crippen LogP contribution in [0.4, 0.5) is 0 Å². The van der Waals surface area contributed by atoms with Crippen LogP contribution in [0.15, 0.2) is 0 Å². The Kier molecular flexibility index (Phi) is 3.78. The molecule has 0 amide bonds. The zero-order valence-corrected chi connectivity index (χ0v) is 13.2. The van der Waals surface area contributed by atoms with Gasteiger partial charge in [-0.3, -0.25) is 0 Å². The lowest BCUT2D eigenvalue weighted by atomic mass is 10.2. The fraction of sp³-hybridized carbons (Fsp3) is 0.692. The molecule has 1 heterocycles. The van der Waals surface area contributed by atoms with E-state index in [9.17, 15) is 0 Å². The zero-order chi connectivity index (χ0) is 12.7. The van der Waals surface area contributed by atoms with E-state index in [1.807, 2.05) is 6.92 Å². The summed E-state index contributed by atoms with van der Waals surface area (Å²) in [7, 11) is 0. The standard InChI is InChI=1S/C13H16ClIN2O/c1-2-18-11(8-5-6-8)13-16-10(7-3-4-7)9(15)12(14)17-13/h7-8,11H,2-6H2,1H3. The van der Waals surface area contributed by atoms with Crippen LogP contribution in [0, 0.1) is 9.49 Å². The summed E-state index contributed by atoms with van der Waals surface area (Å²) in [5.41, 5.74) is 1.14. The highest BCUT2D eigenvalue weighted by molar-refractivity contribution is 14.1. The molecular weight excluding hydrogens is 363 g/mol. The molecule has 0 N–H and O–H groups in total. The first-order valence-electron chi connectivity index (χ1n) is 6.55. The average Bonchev–Trinajstić information content (AvgIpc) is 3.21. The van der Waals surface area contributed by atoms with Crippen LogP contribution >= 0.6 is 34.2 Å². The summed E-state index contributed by atoms with van der Waals surface area (Å²) in [6, 6.07) is 0. The van der Waals surface area contributed by atoms with E-state index in [0.29, 0.717) is 23.6 Å². The summed E-state index contributed by atoms with van der Waals surface area (Å²) in [6.45, 7) is 2.72. The Bertz CT molecular complexity index is 461. The van der Waals surface area contributed by atoms with Gasteiger partial charge < -0.3 is 4.74 Å². The van der Waals surface area contributed by atoms with Gasteiger partial charge in [-0.1, -0.05) is 11.6 Å².